The molecule has 0 atom stereocenters. The molecule has 3 rings (SSSR count). The fraction of sp³-hybridized carbons (Fsp3) is 0.280. The van der Waals surface area contributed by atoms with E-state index in [1.54, 1.807) is 25.1 Å². The smallest absolute Gasteiger partial charge is 0.268 e. The minimum absolute atomic E-state index is 0.0640. The highest BCUT2D eigenvalue weighted by Gasteiger charge is 2.13. The van der Waals surface area contributed by atoms with Gasteiger partial charge in [0.25, 0.3) is 5.91 Å². The number of amides is 1. The van der Waals surface area contributed by atoms with Crippen molar-refractivity contribution in [3.63, 3.8) is 0 Å². The lowest BCUT2D eigenvalue weighted by Crippen LogP contribution is -2.13. The van der Waals surface area contributed by atoms with E-state index in [2.05, 4.69) is 15.5 Å². The molecule has 8 nitrogen and oxygen atoms in total. The number of aryl methyl sites for hydroxylation is 3. The number of hydrogen-bond donors (Lipinski definition) is 1. The summed E-state index contributed by atoms with van der Waals surface area (Å²) in [4.78, 5) is 12.4. The maximum Gasteiger partial charge on any atom is 0.268 e. The van der Waals surface area contributed by atoms with E-state index in [4.69, 9.17) is 14.2 Å². The molecule has 0 saturated carbocycles. The van der Waals surface area contributed by atoms with Gasteiger partial charge in [-0.05, 0) is 68.7 Å². The van der Waals surface area contributed by atoms with E-state index in [9.17, 15) is 10.1 Å². The lowest BCUT2D eigenvalue weighted by atomic mass is 10.1. The Hall–Kier alpha value is -3.90. The van der Waals surface area contributed by atoms with Gasteiger partial charge in [0.15, 0.2) is 11.5 Å². The molecule has 0 radical (unpaired) electrons. The van der Waals surface area contributed by atoms with Gasteiger partial charge in [-0.25, -0.2) is 0 Å². The highest BCUT2D eigenvalue weighted by Crippen LogP contribution is 2.30. The predicted octanol–water partition coefficient (Wildman–Crippen LogP) is 4.87. The molecule has 9 heteroatoms. The summed E-state index contributed by atoms with van der Waals surface area (Å²) in [5.41, 5.74) is 2.76. The molecule has 0 fully saturated rings. The molecule has 176 valence electrons. The number of ether oxygens (including phenoxy) is 3. The Morgan fingerprint density at radius 2 is 1.79 bits per heavy atom. The van der Waals surface area contributed by atoms with Crippen LogP contribution >= 0.6 is 11.3 Å². The standard InChI is InChI=1S/C25H26N4O4S/c1-5-31-23-14-19(13-20(15-26)24(30)27-25-29-28-18(4)34-25)8-9-21(23)32-10-11-33-22-12-16(2)6-7-17(22)3/h6-9,12-14H,5,10-11H2,1-4H3,(H,27,29,30). The van der Waals surface area contributed by atoms with Crippen molar-refractivity contribution in [1.82, 2.24) is 10.2 Å². The number of nitrogens with one attached hydrogen (secondary N) is 1. The molecular formula is C25H26N4O4S. The number of aromatic nitrogens is 2. The maximum atomic E-state index is 12.4. The number of benzene rings is 2. The second-order valence-electron chi connectivity index (χ2n) is 7.36. The van der Waals surface area contributed by atoms with Gasteiger partial charge in [-0.2, -0.15) is 5.26 Å². The Bertz CT molecular complexity index is 1230. The van der Waals surface area contributed by atoms with Crippen LogP contribution in [0.15, 0.2) is 42.0 Å². The van der Waals surface area contributed by atoms with Gasteiger partial charge >= 0.3 is 0 Å². The van der Waals surface area contributed by atoms with Gasteiger partial charge in [-0.15, -0.1) is 10.2 Å². The summed E-state index contributed by atoms with van der Waals surface area (Å²) >= 11 is 1.23. The van der Waals surface area contributed by atoms with Crippen molar-refractivity contribution in [1.29, 1.82) is 5.26 Å². The lowest BCUT2D eigenvalue weighted by Gasteiger charge is -2.14. The van der Waals surface area contributed by atoms with Crippen molar-refractivity contribution in [2.75, 3.05) is 25.1 Å². The average molecular weight is 479 g/mol. The van der Waals surface area contributed by atoms with Gasteiger partial charge in [0.05, 0.1) is 6.61 Å². The second kappa shape index (κ2) is 11.8. The third-order valence-corrected chi connectivity index (χ3v) is 5.39. The summed E-state index contributed by atoms with van der Waals surface area (Å²) in [6, 6.07) is 13.2. The summed E-state index contributed by atoms with van der Waals surface area (Å²) in [5, 5.41) is 20.8. The van der Waals surface area contributed by atoms with Crippen LogP contribution in [0.5, 0.6) is 17.2 Å². The van der Waals surface area contributed by atoms with Crippen LogP contribution in [-0.2, 0) is 4.79 Å². The fourth-order valence-electron chi connectivity index (χ4n) is 2.99. The Labute approximate surface area is 202 Å². The zero-order chi connectivity index (χ0) is 24.5. The van der Waals surface area contributed by atoms with Gasteiger partial charge in [-0.1, -0.05) is 29.5 Å². The molecule has 0 saturated heterocycles. The molecule has 0 spiro atoms. The third kappa shape index (κ3) is 6.80. The minimum atomic E-state index is -0.555. The zero-order valence-corrected chi connectivity index (χ0v) is 20.4. The normalized spacial score (nSPS) is 11.0. The molecule has 0 bridgehead atoms. The number of carbonyl (C=O) groups excluding carboxylic acids is 1. The van der Waals surface area contributed by atoms with E-state index in [1.807, 2.05) is 45.0 Å². The third-order valence-electron chi connectivity index (χ3n) is 4.63. The molecule has 2 aromatic carbocycles. The molecule has 0 aliphatic heterocycles. The van der Waals surface area contributed by atoms with Crippen LogP contribution in [-0.4, -0.2) is 35.9 Å². The van der Waals surface area contributed by atoms with E-state index in [1.165, 1.54) is 17.4 Å². The largest absolute Gasteiger partial charge is 0.490 e. The number of anilines is 1. The molecule has 0 aliphatic rings. The summed E-state index contributed by atoms with van der Waals surface area (Å²) in [6.45, 7) is 8.81. The number of hydrogen-bond acceptors (Lipinski definition) is 8. The lowest BCUT2D eigenvalue weighted by molar-refractivity contribution is -0.112. The van der Waals surface area contributed by atoms with Crippen molar-refractivity contribution < 1.29 is 19.0 Å². The van der Waals surface area contributed by atoms with E-state index in [-0.39, 0.29) is 5.57 Å². The Balaban J connectivity index is 1.66. The molecule has 3 aromatic rings. The molecule has 1 N–H and O–H groups in total. The van der Waals surface area contributed by atoms with Gasteiger partial charge < -0.3 is 14.2 Å². The Morgan fingerprint density at radius 3 is 2.47 bits per heavy atom. The first-order valence-electron chi connectivity index (χ1n) is 10.7. The second-order valence-corrected chi connectivity index (χ2v) is 8.54. The van der Waals surface area contributed by atoms with Gasteiger partial charge in [-0.3, -0.25) is 10.1 Å². The minimum Gasteiger partial charge on any atom is -0.490 e. The highest BCUT2D eigenvalue weighted by molar-refractivity contribution is 7.15. The van der Waals surface area contributed by atoms with Crippen molar-refractivity contribution >= 4 is 28.5 Å². The van der Waals surface area contributed by atoms with E-state index >= 15 is 0 Å². The van der Waals surface area contributed by atoms with Crippen LogP contribution in [0.2, 0.25) is 0 Å². The first-order valence-corrected chi connectivity index (χ1v) is 11.5. The van der Waals surface area contributed by atoms with E-state index < -0.39 is 5.91 Å². The van der Waals surface area contributed by atoms with Crippen LogP contribution < -0.4 is 19.5 Å². The first-order chi connectivity index (χ1) is 16.4. The van der Waals surface area contributed by atoms with E-state index in [0.717, 1.165) is 16.9 Å². The van der Waals surface area contributed by atoms with Crippen LogP contribution in [0, 0.1) is 32.1 Å². The average Bonchev–Trinajstić information content (AvgIpc) is 3.22. The molecule has 34 heavy (non-hydrogen) atoms. The summed E-state index contributed by atoms with van der Waals surface area (Å²) in [6.07, 6.45) is 1.49. The van der Waals surface area contributed by atoms with Gasteiger partial charge in [0.2, 0.25) is 5.13 Å². The Morgan fingerprint density at radius 1 is 1.03 bits per heavy atom. The van der Waals surface area contributed by atoms with Crippen molar-refractivity contribution in [2.45, 2.75) is 27.7 Å². The monoisotopic (exact) mass is 478 g/mol. The van der Waals surface area contributed by atoms with E-state index in [0.29, 0.717) is 47.0 Å². The highest BCUT2D eigenvalue weighted by atomic mass is 32.1. The van der Waals surface area contributed by atoms with Crippen LogP contribution in [0.4, 0.5) is 5.13 Å². The topological polar surface area (TPSA) is 106 Å². The predicted molar refractivity (Wildman–Crippen MR) is 131 cm³/mol. The quantitative estimate of drug-likeness (QED) is 0.252. The Kier molecular flexibility index (Phi) is 8.60. The fourth-order valence-corrected chi connectivity index (χ4v) is 3.58. The molecule has 1 heterocycles. The van der Waals surface area contributed by atoms with Crippen molar-refractivity contribution in [3.8, 4) is 23.3 Å². The number of nitriles is 1. The van der Waals surface area contributed by atoms with Crippen LogP contribution in [0.1, 0.15) is 28.6 Å². The number of rotatable bonds is 10. The van der Waals surface area contributed by atoms with Crippen molar-refractivity contribution in [2.24, 2.45) is 0 Å². The first kappa shape index (κ1) is 24.7. The molecule has 1 aromatic heterocycles. The molecule has 1 amide bonds. The maximum absolute atomic E-state index is 12.4. The van der Waals surface area contributed by atoms with Crippen molar-refractivity contribution in [3.05, 3.63) is 63.7 Å². The summed E-state index contributed by atoms with van der Waals surface area (Å²) < 4.78 is 17.4. The zero-order valence-electron chi connectivity index (χ0n) is 19.5. The van der Waals surface area contributed by atoms with Crippen LogP contribution in [0.25, 0.3) is 6.08 Å². The molecular weight excluding hydrogens is 452 g/mol. The SMILES string of the molecule is CCOc1cc(C=C(C#N)C(=O)Nc2nnc(C)s2)ccc1OCCOc1cc(C)ccc1C. The summed E-state index contributed by atoms with van der Waals surface area (Å²) in [5.74, 6) is 1.34. The summed E-state index contributed by atoms with van der Waals surface area (Å²) in [7, 11) is 0. The molecule has 0 unspecified atom stereocenters. The van der Waals surface area contributed by atoms with Gasteiger partial charge in [0, 0.05) is 0 Å². The number of nitrogens with zero attached hydrogens (tertiary/aromatic N) is 3. The van der Waals surface area contributed by atoms with Gasteiger partial charge in [0.1, 0.15) is 35.6 Å². The molecule has 0 aliphatic carbocycles. The number of carbonyl (C=O) groups is 1. The van der Waals surface area contributed by atoms with Crippen LogP contribution in [0.3, 0.4) is 0 Å².